The van der Waals surface area contributed by atoms with Crippen LogP contribution in [0.2, 0.25) is 0 Å². The molecule has 2 fully saturated rings. The zero-order valence-corrected chi connectivity index (χ0v) is 13.8. The van der Waals surface area contributed by atoms with Gasteiger partial charge < -0.3 is 15.4 Å². The summed E-state index contributed by atoms with van der Waals surface area (Å²) < 4.78 is 5.61. The molecule has 0 unspecified atom stereocenters. The van der Waals surface area contributed by atoms with Crippen molar-refractivity contribution >= 4 is 16.8 Å². The van der Waals surface area contributed by atoms with Gasteiger partial charge in [0.2, 0.25) is 5.91 Å². The fourth-order valence-corrected chi connectivity index (χ4v) is 3.92. The second-order valence-corrected chi connectivity index (χ2v) is 6.87. The number of rotatable bonds is 4. The molecule has 0 saturated carbocycles. The second kappa shape index (κ2) is 6.49. The van der Waals surface area contributed by atoms with Gasteiger partial charge in [0.1, 0.15) is 0 Å². The van der Waals surface area contributed by atoms with Gasteiger partial charge in [-0.05, 0) is 43.0 Å². The zero-order valence-electron chi connectivity index (χ0n) is 13.8. The molecule has 1 aromatic carbocycles. The molecule has 2 aromatic rings. The molecular formula is C19H23N3O2. The normalized spacial score (nSPS) is 26.2. The first-order chi connectivity index (χ1) is 11.8. The lowest BCUT2D eigenvalue weighted by Gasteiger charge is -2.36. The minimum absolute atomic E-state index is 0.131. The Kier molecular flexibility index (Phi) is 4.21. The Balaban J connectivity index is 1.38. The van der Waals surface area contributed by atoms with E-state index in [1.807, 2.05) is 24.4 Å². The summed E-state index contributed by atoms with van der Waals surface area (Å²) in [4.78, 5) is 17.2. The van der Waals surface area contributed by atoms with Crippen LogP contribution in [-0.4, -0.2) is 43.7 Å². The predicted molar refractivity (Wildman–Crippen MR) is 92.7 cm³/mol. The molecule has 0 radical (unpaired) electrons. The Morgan fingerprint density at radius 3 is 3.29 bits per heavy atom. The number of pyridine rings is 1. The minimum atomic E-state index is -0.375. The number of carbonyl (C=O) groups excluding carboxylic acids is 1. The van der Waals surface area contributed by atoms with E-state index in [0.29, 0.717) is 19.1 Å². The van der Waals surface area contributed by atoms with E-state index in [1.165, 1.54) is 0 Å². The van der Waals surface area contributed by atoms with Crippen molar-refractivity contribution in [1.82, 2.24) is 15.6 Å². The standard InChI is InChI=1S/C19H23N3O2/c23-18(19-12-20-11-16(19)6-8-24-13-19)21-7-5-14-9-15-3-1-2-4-17(15)22-10-14/h1-4,9-10,16,20H,5-8,11-13H2,(H,21,23)/t16-,19+/m1/s1. The van der Waals surface area contributed by atoms with Gasteiger partial charge in [0.15, 0.2) is 0 Å². The fraction of sp³-hybridized carbons (Fsp3) is 0.474. The van der Waals surface area contributed by atoms with Gasteiger partial charge in [0.25, 0.3) is 0 Å². The van der Waals surface area contributed by atoms with E-state index in [9.17, 15) is 4.79 Å². The molecule has 1 amide bonds. The largest absolute Gasteiger partial charge is 0.380 e. The number of fused-ring (bicyclic) bond motifs is 2. The molecule has 0 spiro atoms. The third-order valence-electron chi connectivity index (χ3n) is 5.38. The van der Waals surface area contributed by atoms with Gasteiger partial charge in [0, 0.05) is 31.3 Å². The van der Waals surface area contributed by atoms with E-state index in [1.54, 1.807) is 0 Å². The predicted octanol–water partition coefficient (Wildman–Crippen LogP) is 1.52. The quantitative estimate of drug-likeness (QED) is 0.895. The summed E-state index contributed by atoms with van der Waals surface area (Å²) in [7, 11) is 0. The average Bonchev–Trinajstić information content (AvgIpc) is 3.07. The highest BCUT2D eigenvalue weighted by Crippen LogP contribution is 2.37. The Morgan fingerprint density at radius 2 is 2.33 bits per heavy atom. The molecule has 4 rings (SSSR count). The fourth-order valence-electron chi connectivity index (χ4n) is 3.92. The van der Waals surface area contributed by atoms with Gasteiger partial charge in [0.05, 0.1) is 17.5 Å². The van der Waals surface area contributed by atoms with Gasteiger partial charge in [-0.1, -0.05) is 18.2 Å². The summed E-state index contributed by atoms with van der Waals surface area (Å²) in [5, 5.41) is 7.63. The number of hydrogen-bond acceptors (Lipinski definition) is 4. The van der Waals surface area contributed by atoms with Crippen LogP contribution in [0.1, 0.15) is 12.0 Å². The molecule has 24 heavy (non-hydrogen) atoms. The summed E-state index contributed by atoms with van der Waals surface area (Å²) in [6.45, 7) is 3.58. The number of nitrogens with zero attached hydrogens (tertiary/aromatic N) is 1. The van der Waals surface area contributed by atoms with Gasteiger partial charge >= 0.3 is 0 Å². The third kappa shape index (κ3) is 2.78. The van der Waals surface area contributed by atoms with Crippen molar-refractivity contribution in [3.05, 3.63) is 42.1 Å². The molecule has 2 saturated heterocycles. The SMILES string of the molecule is O=C(NCCc1cnc2ccccc2c1)[C@]12CNC[C@H]1CCOC2. The molecule has 0 aliphatic carbocycles. The van der Waals surface area contributed by atoms with Crippen LogP contribution in [0.15, 0.2) is 36.5 Å². The van der Waals surface area contributed by atoms with Crippen LogP contribution in [-0.2, 0) is 16.0 Å². The molecule has 2 atom stereocenters. The molecule has 126 valence electrons. The molecule has 2 N–H and O–H groups in total. The molecular weight excluding hydrogens is 302 g/mol. The van der Waals surface area contributed by atoms with E-state index in [2.05, 4.69) is 27.8 Å². The zero-order chi connectivity index (χ0) is 16.4. The van der Waals surface area contributed by atoms with E-state index in [0.717, 1.165) is 49.0 Å². The lowest BCUT2D eigenvalue weighted by Crippen LogP contribution is -2.52. The monoisotopic (exact) mass is 325 g/mol. The maximum atomic E-state index is 12.8. The number of para-hydroxylation sites is 1. The minimum Gasteiger partial charge on any atom is -0.380 e. The van der Waals surface area contributed by atoms with Crippen LogP contribution in [0.5, 0.6) is 0 Å². The van der Waals surface area contributed by atoms with Crippen molar-refractivity contribution in [2.45, 2.75) is 12.8 Å². The van der Waals surface area contributed by atoms with Crippen molar-refractivity contribution in [2.75, 3.05) is 32.8 Å². The van der Waals surface area contributed by atoms with Crippen LogP contribution >= 0.6 is 0 Å². The van der Waals surface area contributed by atoms with E-state index < -0.39 is 0 Å². The third-order valence-corrected chi connectivity index (χ3v) is 5.38. The Bertz CT molecular complexity index is 748. The molecule has 2 aliphatic heterocycles. The number of nitrogens with one attached hydrogen (secondary N) is 2. The smallest absolute Gasteiger partial charge is 0.230 e. The van der Waals surface area contributed by atoms with Gasteiger partial charge in [-0.15, -0.1) is 0 Å². The lowest BCUT2D eigenvalue weighted by atomic mass is 9.75. The van der Waals surface area contributed by atoms with E-state index >= 15 is 0 Å². The lowest BCUT2D eigenvalue weighted by molar-refractivity contribution is -0.141. The summed E-state index contributed by atoms with van der Waals surface area (Å²) >= 11 is 0. The number of ether oxygens (including phenoxy) is 1. The van der Waals surface area contributed by atoms with Crippen LogP contribution in [0.4, 0.5) is 0 Å². The Morgan fingerprint density at radius 1 is 1.42 bits per heavy atom. The first-order valence-corrected chi connectivity index (χ1v) is 8.68. The highest BCUT2D eigenvalue weighted by molar-refractivity contribution is 5.84. The molecule has 3 heterocycles. The van der Waals surface area contributed by atoms with Crippen LogP contribution in [0.3, 0.4) is 0 Å². The summed E-state index contributed by atoms with van der Waals surface area (Å²) in [5.74, 6) is 0.527. The van der Waals surface area contributed by atoms with Gasteiger partial charge in [-0.2, -0.15) is 0 Å². The van der Waals surface area contributed by atoms with E-state index in [-0.39, 0.29) is 11.3 Å². The highest BCUT2D eigenvalue weighted by atomic mass is 16.5. The molecule has 0 bridgehead atoms. The van der Waals surface area contributed by atoms with Crippen LogP contribution in [0.25, 0.3) is 10.9 Å². The summed E-state index contributed by atoms with van der Waals surface area (Å²) in [6.07, 6.45) is 3.66. The van der Waals surface area contributed by atoms with Crippen LogP contribution in [0, 0.1) is 11.3 Å². The maximum Gasteiger partial charge on any atom is 0.230 e. The number of hydrogen-bond donors (Lipinski definition) is 2. The second-order valence-electron chi connectivity index (χ2n) is 6.87. The number of benzene rings is 1. The average molecular weight is 325 g/mol. The highest BCUT2D eigenvalue weighted by Gasteiger charge is 2.50. The molecule has 1 aromatic heterocycles. The van der Waals surface area contributed by atoms with Crippen molar-refractivity contribution in [1.29, 1.82) is 0 Å². The van der Waals surface area contributed by atoms with Crippen molar-refractivity contribution in [2.24, 2.45) is 11.3 Å². The van der Waals surface area contributed by atoms with Gasteiger partial charge in [-0.3, -0.25) is 9.78 Å². The van der Waals surface area contributed by atoms with Crippen molar-refractivity contribution in [3.63, 3.8) is 0 Å². The van der Waals surface area contributed by atoms with Crippen molar-refractivity contribution < 1.29 is 9.53 Å². The summed E-state index contributed by atoms with van der Waals surface area (Å²) in [5.41, 5.74) is 1.77. The van der Waals surface area contributed by atoms with Crippen LogP contribution < -0.4 is 10.6 Å². The Labute approximate surface area is 141 Å². The summed E-state index contributed by atoms with van der Waals surface area (Å²) in [6, 6.07) is 10.2. The molecule has 5 nitrogen and oxygen atoms in total. The molecule has 5 heteroatoms. The first kappa shape index (κ1) is 15.5. The number of amides is 1. The topological polar surface area (TPSA) is 63.2 Å². The molecule has 2 aliphatic rings. The maximum absolute atomic E-state index is 12.8. The first-order valence-electron chi connectivity index (χ1n) is 8.68. The van der Waals surface area contributed by atoms with E-state index in [4.69, 9.17) is 4.74 Å². The van der Waals surface area contributed by atoms with Gasteiger partial charge in [-0.25, -0.2) is 0 Å². The number of carbonyl (C=O) groups is 1. The number of aromatic nitrogens is 1. The van der Waals surface area contributed by atoms with Crippen molar-refractivity contribution in [3.8, 4) is 0 Å². The Hall–Kier alpha value is -1.98.